The van der Waals surface area contributed by atoms with Crippen LogP contribution in [0, 0.1) is 17.6 Å². The number of hydrogen-bond acceptors (Lipinski definition) is 1. The van der Waals surface area contributed by atoms with Gasteiger partial charge >= 0.3 is 0 Å². The number of hydrogen-bond donors (Lipinski definition) is 0. The van der Waals surface area contributed by atoms with Gasteiger partial charge in [-0.2, -0.15) is 0 Å². The zero-order chi connectivity index (χ0) is 14.1. The number of halogens is 2. The highest BCUT2D eigenvalue weighted by Gasteiger charge is 2.28. The molecule has 0 aliphatic heterocycles. The predicted molar refractivity (Wildman–Crippen MR) is 72.6 cm³/mol. The van der Waals surface area contributed by atoms with E-state index in [4.69, 9.17) is 0 Å². The first kappa shape index (κ1) is 13.0. The second kappa shape index (κ2) is 5.16. The van der Waals surface area contributed by atoms with Crippen LogP contribution >= 0.6 is 0 Å². The Kier molecular flexibility index (Phi) is 3.35. The van der Waals surface area contributed by atoms with E-state index in [0.717, 1.165) is 23.6 Å². The molecule has 102 valence electrons. The van der Waals surface area contributed by atoms with Crippen LogP contribution in [0.15, 0.2) is 42.5 Å². The van der Waals surface area contributed by atoms with Crippen molar-refractivity contribution in [3.8, 4) is 0 Å². The maximum atomic E-state index is 13.7. The van der Waals surface area contributed by atoms with E-state index in [-0.39, 0.29) is 23.7 Å². The summed E-state index contributed by atoms with van der Waals surface area (Å²) in [7, 11) is 0. The van der Waals surface area contributed by atoms with Crippen molar-refractivity contribution in [1.82, 2.24) is 0 Å². The Bertz CT molecular complexity index is 664. The van der Waals surface area contributed by atoms with Crippen molar-refractivity contribution in [2.45, 2.75) is 19.3 Å². The first-order chi connectivity index (χ1) is 9.66. The summed E-state index contributed by atoms with van der Waals surface area (Å²) < 4.78 is 26.9. The summed E-state index contributed by atoms with van der Waals surface area (Å²) in [6.45, 7) is 0. The van der Waals surface area contributed by atoms with Gasteiger partial charge in [0.15, 0.2) is 17.4 Å². The highest BCUT2D eigenvalue weighted by molar-refractivity contribution is 6.00. The van der Waals surface area contributed by atoms with Crippen molar-refractivity contribution in [3.63, 3.8) is 0 Å². The Morgan fingerprint density at radius 2 is 1.85 bits per heavy atom. The Hall–Kier alpha value is -2.03. The van der Waals surface area contributed by atoms with Gasteiger partial charge in [0.25, 0.3) is 0 Å². The van der Waals surface area contributed by atoms with Crippen LogP contribution < -0.4 is 0 Å². The number of benzene rings is 2. The minimum atomic E-state index is -0.855. The largest absolute Gasteiger partial charge is 0.294 e. The summed E-state index contributed by atoms with van der Waals surface area (Å²) in [5, 5.41) is 0. The van der Waals surface area contributed by atoms with Crippen LogP contribution in [-0.4, -0.2) is 5.78 Å². The monoisotopic (exact) mass is 272 g/mol. The van der Waals surface area contributed by atoms with Crippen LogP contribution in [0.2, 0.25) is 0 Å². The van der Waals surface area contributed by atoms with Gasteiger partial charge in [-0.15, -0.1) is 0 Å². The highest BCUT2D eigenvalue weighted by atomic mass is 19.2. The smallest absolute Gasteiger partial charge is 0.166 e. The molecule has 2 aromatic rings. The second-order valence-electron chi connectivity index (χ2n) is 5.17. The van der Waals surface area contributed by atoms with Crippen LogP contribution in [0.5, 0.6) is 0 Å². The quantitative estimate of drug-likeness (QED) is 0.809. The van der Waals surface area contributed by atoms with E-state index in [1.165, 1.54) is 6.07 Å². The number of aryl methyl sites for hydroxylation is 1. The van der Waals surface area contributed by atoms with Crippen LogP contribution in [0.3, 0.4) is 0 Å². The van der Waals surface area contributed by atoms with Crippen molar-refractivity contribution < 1.29 is 13.6 Å². The van der Waals surface area contributed by atoms with Crippen molar-refractivity contribution in [3.05, 3.63) is 70.8 Å². The molecule has 1 aliphatic carbocycles. The third kappa shape index (κ3) is 2.24. The summed E-state index contributed by atoms with van der Waals surface area (Å²) in [6.07, 6.45) is 1.76. The van der Waals surface area contributed by atoms with Gasteiger partial charge in [-0.05, 0) is 36.5 Å². The molecular formula is C17H14F2O. The maximum absolute atomic E-state index is 13.7. The van der Waals surface area contributed by atoms with E-state index in [1.54, 1.807) is 6.07 Å². The van der Waals surface area contributed by atoms with Crippen LogP contribution in [0.4, 0.5) is 8.78 Å². The predicted octanol–water partition coefficient (Wildman–Crippen LogP) is 3.95. The molecule has 0 saturated heterocycles. The summed E-state index contributed by atoms with van der Waals surface area (Å²) in [5.74, 6) is -1.91. The molecule has 20 heavy (non-hydrogen) atoms. The minimum Gasteiger partial charge on any atom is -0.294 e. The number of carbonyl (C=O) groups is 1. The number of fused-ring (bicyclic) bond motifs is 1. The molecule has 0 amide bonds. The molecule has 1 atom stereocenters. The lowest BCUT2D eigenvalue weighted by Gasteiger charge is -2.23. The third-order valence-electron chi connectivity index (χ3n) is 3.91. The van der Waals surface area contributed by atoms with Gasteiger partial charge < -0.3 is 0 Å². The van der Waals surface area contributed by atoms with Crippen molar-refractivity contribution in [2.24, 2.45) is 5.92 Å². The fraction of sp³-hybridized carbons (Fsp3) is 0.235. The van der Waals surface area contributed by atoms with Gasteiger partial charge in [0.2, 0.25) is 0 Å². The fourth-order valence-corrected chi connectivity index (χ4v) is 2.83. The van der Waals surface area contributed by atoms with Crippen molar-refractivity contribution in [2.75, 3.05) is 0 Å². The van der Waals surface area contributed by atoms with E-state index >= 15 is 0 Å². The van der Waals surface area contributed by atoms with Gasteiger partial charge in [0.05, 0.1) is 0 Å². The van der Waals surface area contributed by atoms with Gasteiger partial charge in [0, 0.05) is 11.5 Å². The molecule has 1 unspecified atom stereocenters. The molecule has 2 aromatic carbocycles. The first-order valence-corrected chi connectivity index (χ1v) is 6.72. The Balaban J connectivity index is 1.87. The third-order valence-corrected chi connectivity index (χ3v) is 3.91. The van der Waals surface area contributed by atoms with E-state index in [2.05, 4.69) is 0 Å². The van der Waals surface area contributed by atoms with E-state index in [0.29, 0.717) is 6.42 Å². The lowest BCUT2D eigenvalue weighted by molar-refractivity contribution is 0.0900. The number of Topliss-reactive ketones (excluding diaryl/α,β-unsaturated/α-hetero) is 1. The van der Waals surface area contributed by atoms with Gasteiger partial charge in [-0.1, -0.05) is 36.4 Å². The minimum absolute atomic E-state index is 0.0375. The Morgan fingerprint density at radius 1 is 1.05 bits per heavy atom. The lowest BCUT2D eigenvalue weighted by atomic mass is 9.80. The molecule has 1 nitrogen and oxygen atoms in total. The standard InChI is InChI=1S/C17H14F2O/c18-15-7-3-5-12(16(15)19)10-13-9-8-11-4-1-2-6-14(11)17(13)20/h1-7,13H,8-10H2. The van der Waals surface area contributed by atoms with E-state index in [1.807, 2.05) is 24.3 Å². The van der Waals surface area contributed by atoms with Gasteiger partial charge in [-0.3, -0.25) is 4.79 Å². The molecule has 0 heterocycles. The highest BCUT2D eigenvalue weighted by Crippen LogP contribution is 2.28. The summed E-state index contributed by atoms with van der Waals surface area (Å²) in [6, 6.07) is 11.6. The molecule has 0 saturated carbocycles. The van der Waals surface area contributed by atoms with Crippen molar-refractivity contribution in [1.29, 1.82) is 0 Å². The van der Waals surface area contributed by atoms with E-state index in [9.17, 15) is 13.6 Å². The zero-order valence-electron chi connectivity index (χ0n) is 10.9. The zero-order valence-corrected chi connectivity index (χ0v) is 10.9. The summed E-state index contributed by atoms with van der Waals surface area (Å²) in [5.41, 5.74) is 2.05. The molecule has 0 radical (unpaired) electrons. The van der Waals surface area contributed by atoms with E-state index < -0.39 is 11.6 Å². The SMILES string of the molecule is O=C1c2ccccc2CCC1Cc1cccc(F)c1F. The van der Waals surface area contributed by atoms with Gasteiger partial charge in [0.1, 0.15) is 0 Å². The molecule has 0 fully saturated rings. The molecule has 0 spiro atoms. The van der Waals surface area contributed by atoms with Crippen LogP contribution in [0.25, 0.3) is 0 Å². The molecule has 3 heteroatoms. The second-order valence-corrected chi connectivity index (χ2v) is 5.17. The fourth-order valence-electron chi connectivity index (χ4n) is 2.83. The molecular weight excluding hydrogens is 258 g/mol. The average Bonchev–Trinajstić information content (AvgIpc) is 2.47. The molecule has 0 bridgehead atoms. The Morgan fingerprint density at radius 3 is 2.70 bits per heavy atom. The molecule has 0 aromatic heterocycles. The topological polar surface area (TPSA) is 17.1 Å². The first-order valence-electron chi connectivity index (χ1n) is 6.72. The maximum Gasteiger partial charge on any atom is 0.166 e. The normalized spacial score (nSPS) is 17.9. The Labute approximate surface area is 116 Å². The number of ketones is 1. The summed E-state index contributed by atoms with van der Waals surface area (Å²) in [4.78, 5) is 12.4. The lowest BCUT2D eigenvalue weighted by Crippen LogP contribution is -2.24. The van der Waals surface area contributed by atoms with Crippen molar-refractivity contribution >= 4 is 5.78 Å². The molecule has 1 aliphatic rings. The molecule has 0 N–H and O–H groups in total. The number of carbonyl (C=O) groups excluding carboxylic acids is 1. The van der Waals surface area contributed by atoms with Crippen LogP contribution in [-0.2, 0) is 12.8 Å². The number of rotatable bonds is 2. The summed E-state index contributed by atoms with van der Waals surface area (Å²) >= 11 is 0. The van der Waals surface area contributed by atoms with Gasteiger partial charge in [-0.25, -0.2) is 8.78 Å². The average molecular weight is 272 g/mol. The van der Waals surface area contributed by atoms with Crippen LogP contribution in [0.1, 0.15) is 27.9 Å². The molecule has 3 rings (SSSR count).